The van der Waals surface area contributed by atoms with Crippen molar-refractivity contribution in [3.63, 3.8) is 0 Å². The summed E-state index contributed by atoms with van der Waals surface area (Å²) in [4.78, 5) is 0. The Labute approximate surface area is 94.5 Å². The zero-order valence-electron chi connectivity index (χ0n) is 9.44. The molecular formula is C11H21LiO. The van der Waals surface area contributed by atoms with Crippen LogP contribution >= 0.6 is 0 Å². The van der Waals surface area contributed by atoms with Crippen molar-refractivity contribution in [3.05, 3.63) is 0 Å². The molecule has 1 aliphatic carbocycles. The van der Waals surface area contributed by atoms with Gasteiger partial charge in [-0.25, -0.2) is 0 Å². The molecule has 0 aromatic rings. The van der Waals surface area contributed by atoms with E-state index < -0.39 is 5.60 Å². The number of rotatable bonds is 2. The molecule has 0 aromatic heterocycles. The fourth-order valence-corrected chi connectivity index (χ4v) is 2.32. The Hall–Kier alpha value is 0.557. The Morgan fingerprint density at radius 1 is 1.08 bits per heavy atom. The van der Waals surface area contributed by atoms with Crippen LogP contribution in [0.2, 0.25) is 0 Å². The van der Waals surface area contributed by atoms with Crippen LogP contribution < -0.4 is 24.0 Å². The van der Waals surface area contributed by atoms with Gasteiger partial charge in [0.25, 0.3) is 0 Å². The van der Waals surface area contributed by atoms with Gasteiger partial charge in [0.05, 0.1) is 0 Å². The van der Waals surface area contributed by atoms with Gasteiger partial charge < -0.3 is 5.11 Å². The average Bonchev–Trinajstić information content (AvgIpc) is 2.12. The molecule has 72 valence electrons. The molecule has 0 saturated heterocycles. The molecule has 0 atom stereocenters. The molecule has 1 fully saturated rings. The van der Waals surface area contributed by atoms with E-state index in [9.17, 15) is 5.11 Å². The first-order chi connectivity index (χ1) is 5.62. The van der Waals surface area contributed by atoms with E-state index in [4.69, 9.17) is 0 Å². The van der Waals surface area contributed by atoms with E-state index in [1.807, 2.05) is 0 Å². The van der Waals surface area contributed by atoms with E-state index in [0.717, 1.165) is 32.1 Å². The summed E-state index contributed by atoms with van der Waals surface area (Å²) >= 11 is 0. The van der Waals surface area contributed by atoms with Gasteiger partial charge in [-0.05, 0) is 5.92 Å². The predicted molar refractivity (Wildman–Crippen MR) is 49.9 cm³/mol. The minimum Gasteiger partial charge on any atom is -0.849 e. The van der Waals surface area contributed by atoms with Crippen molar-refractivity contribution < 1.29 is 24.0 Å². The van der Waals surface area contributed by atoms with Crippen molar-refractivity contribution in [2.75, 3.05) is 0 Å². The van der Waals surface area contributed by atoms with Crippen LogP contribution in [0.4, 0.5) is 0 Å². The first-order valence-electron chi connectivity index (χ1n) is 5.33. The van der Waals surface area contributed by atoms with Gasteiger partial charge in [-0.1, -0.05) is 58.8 Å². The van der Waals surface area contributed by atoms with Crippen molar-refractivity contribution >= 4 is 0 Å². The summed E-state index contributed by atoms with van der Waals surface area (Å²) in [5.74, 6) is 0.570. The molecule has 1 saturated carbocycles. The molecule has 0 radical (unpaired) electrons. The largest absolute Gasteiger partial charge is 1.00 e. The van der Waals surface area contributed by atoms with E-state index >= 15 is 0 Å². The maximum Gasteiger partial charge on any atom is 1.00 e. The topological polar surface area (TPSA) is 23.1 Å². The summed E-state index contributed by atoms with van der Waals surface area (Å²) < 4.78 is 0. The third kappa shape index (κ3) is 5.11. The maximum absolute atomic E-state index is 12.2. The molecule has 0 aromatic carbocycles. The fourth-order valence-electron chi connectivity index (χ4n) is 2.32. The molecule has 1 nitrogen and oxygen atoms in total. The molecule has 0 aliphatic heterocycles. The molecule has 2 heteroatoms. The van der Waals surface area contributed by atoms with Gasteiger partial charge in [0.15, 0.2) is 0 Å². The van der Waals surface area contributed by atoms with Gasteiger partial charge in [0.1, 0.15) is 0 Å². The fraction of sp³-hybridized carbons (Fsp3) is 1.00. The van der Waals surface area contributed by atoms with Crippen molar-refractivity contribution in [1.29, 1.82) is 0 Å². The number of hydrogen-bond donors (Lipinski definition) is 0. The van der Waals surface area contributed by atoms with Crippen LogP contribution in [0.1, 0.15) is 58.8 Å². The standard InChI is InChI=1S/C11H21O.Li/c1-10(2)9-11(12)7-5-3-4-6-8-11;/h10H,3-9H2,1-2H3;/q-1;+1. The minimum atomic E-state index is -0.565. The third-order valence-corrected chi connectivity index (χ3v) is 2.80. The minimum absolute atomic E-state index is 0. The van der Waals surface area contributed by atoms with Gasteiger partial charge in [-0.15, -0.1) is 5.60 Å². The van der Waals surface area contributed by atoms with Crippen LogP contribution in [-0.2, 0) is 0 Å². The third-order valence-electron chi connectivity index (χ3n) is 2.80. The summed E-state index contributed by atoms with van der Waals surface area (Å²) in [5, 5.41) is 12.2. The van der Waals surface area contributed by atoms with Gasteiger partial charge in [0, 0.05) is 0 Å². The average molecular weight is 176 g/mol. The van der Waals surface area contributed by atoms with E-state index in [1.165, 1.54) is 12.8 Å². The van der Waals surface area contributed by atoms with E-state index in [2.05, 4.69) is 13.8 Å². The first kappa shape index (κ1) is 13.6. The zero-order valence-corrected chi connectivity index (χ0v) is 9.44. The van der Waals surface area contributed by atoms with Gasteiger partial charge >= 0.3 is 18.9 Å². The molecule has 0 unspecified atom stereocenters. The smallest absolute Gasteiger partial charge is 0.849 e. The first-order valence-corrected chi connectivity index (χ1v) is 5.33. The summed E-state index contributed by atoms with van der Waals surface area (Å²) in [6.45, 7) is 4.31. The van der Waals surface area contributed by atoms with Crippen molar-refractivity contribution in [2.24, 2.45) is 5.92 Å². The van der Waals surface area contributed by atoms with Crippen LogP contribution in [0, 0.1) is 5.92 Å². The van der Waals surface area contributed by atoms with E-state index in [0.29, 0.717) is 5.92 Å². The van der Waals surface area contributed by atoms with Gasteiger partial charge in [0.2, 0.25) is 0 Å². The van der Waals surface area contributed by atoms with Crippen LogP contribution in [0.5, 0.6) is 0 Å². The van der Waals surface area contributed by atoms with Crippen LogP contribution in [-0.4, -0.2) is 5.60 Å². The van der Waals surface area contributed by atoms with E-state index in [-0.39, 0.29) is 18.9 Å². The Balaban J connectivity index is 0.00000144. The molecule has 13 heavy (non-hydrogen) atoms. The normalized spacial score (nSPS) is 22.2. The zero-order chi connectivity index (χ0) is 9.03. The Morgan fingerprint density at radius 3 is 1.92 bits per heavy atom. The molecule has 1 aliphatic rings. The quantitative estimate of drug-likeness (QED) is 0.410. The molecule has 1 rings (SSSR count). The van der Waals surface area contributed by atoms with Gasteiger partial charge in [-0.3, -0.25) is 0 Å². The molecular weight excluding hydrogens is 155 g/mol. The second-order valence-corrected chi connectivity index (χ2v) is 4.70. The van der Waals surface area contributed by atoms with Crippen LogP contribution in [0.25, 0.3) is 0 Å². The molecule has 0 amide bonds. The second kappa shape index (κ2) is 6.12. The Morgan fingerprint density at radius 2 is 1.54 bits per heavy atom. The molecule has 0 bridgehead atoms. The van der Waals surface area contributed by atoms with Crippen LogP contribution in [0.3, 0.4) is 0 Å². The summed E-state index contributed by atoms with van der Waals surface area (Å²) in [7, 11) is 0. The van der Waals surface area contributed by atoms with Crippen LogP contribution in [0.15, 0.2) is 0 Å². The molecule has 0 heterocycles. The Kier molecular flexibility index (Phi) is 6.38. The predicted octanol–water partition coefficient (Wildman–Crippen LogP) is -0.510. The van der Waals surface area contributed by atoms with Crippen molar-refractivity contribution in [1.82, 2.24) is 0 Å². The summed E-state index contributed by atoms with van der Waals surface area (Å²) in [6.07, 6.45) is 7.61. The van der Waals surface area contributed by atoms with E-state index in [1.54, 1.807) is 0 Å². The molecule has 0 spiro atoms. The summed E-state index contributed by atoms with van der Waals surface area (Å²) in [6, 6.07) is 0. The van der Waals surface area contributed by atoms with Crippen molar-refractivity contribution in [3.8, 4) is 0 Å². The second-order valence-electron chi connectivity index (χ2n) is 4.70. The van der Waals surface area contributed by atoms with Crippen molar-refractivity contribution in [2.45, 2.75) is 64.4 Å². The summed E-state index contributed by atoms with van der Waals surface area (Å²) in [5.41, 5.74) is -0.565. The molecule has 0 N–H and O–H groups in total. The Bertz CT molecular complexity index is 126. The van der Waals surface area contributed by atoms with Gasteiger partial charge in [-0.2, -0.15) is 0 Å². The SMILES string of the molecule is CC(C)CC1([O-])CCCCCC1.[Li+]. The monoisotopic (exact) mass is 176 g/mol. The number of hydrogen-bond acceptors (Lipinski definition) is 1. The maximum atomic E-state index is 12.2.